The van der Waals surface area contributed by atoms with Crippen molar-refractivity contribution in [3.05, 3.63) is 29.7 Å². The number of benzene rings is 1. The molecule has 0 aliphatic carbocycles. The summed E-state index contributed by atoms with van der Waals surface area (Å²) in [6.07, 6.45) is 1.73. The van der Waals surface area contributed by atoms with Crippen molar-refractivity contribution in [2.45, 2.75) is 0 Å². The van der Waals surface area contributed by atoms with Gasteiger partial charge in [-0.1, -0.05) is 17.6 Å². The second-order valence-electron chi connectivity index (χ2n) is 2.70. The molecule has 0 aliphatic rings. The standard InChI is InChI=1S/C8H6BClN2/c9-6-1-2-7-5(3-6)4-11-8(10)12-7/h1-4H,9H2. The summed E-state index contributed by atoms with van der Waals surface area (Å²) >= 11 is 5.64. The van der Waals surface area contributed by atoms with Crippen LogP contribution in [0.2, 0.25) is 5.28 Å². The summed E-state index contributed by atoms with van der Waals surface area (Å²) in [5, 5.41) is 1.32. The van der Waals surface area contributed by atoms with Gasteiger partial charge in [0.05, 0.1) is 5.52 Å². The lowest BCUT2D eigenvalue weighted by Crippen LogP contribution is -2.00. The molecule has 0 radical (unpaired) electrons. The van der Waals surface area contributed by atoms with Crippen LogP contribution in [0.4, 0.5) is 0 Å². The molecule has 0 fully saturated rings. The summed E-state index contributed by atoms with van der Waals surface area (Å²) < 4.78 is 0. The Hall–Kier alpha value is -1.09. The van der Waals surface area contributed by atoms with Crippen molar-refractivity contribution in [2.24, 2.45) is 0 Å². The van der Waals surface area contributed by atoms with E-state index < -0.39 is 0 Å². The number of aromatic nitrogens is 2. The van der Waals surface area contributed by atoms with Crippen molar-refractivity contribution >= 4 is 35.8 Å². The van der Waals surface area contributed by atoms with Gasteiger partial charge in [-0.2, -0.15) is 0 Å². The maximum Gasteiger partial charge on any atom is 0.222 e. The first kappa shape index (κ1) is 7.56. The summed E-state index contributed by atoms with van der Waals surface area (Å²) in [4.78, 5) is 7.97. The van der Waals surface area contributed by atoms with Crippen LogP contribution in [0.3, 0.4) is 0 Å². The van der Waals surface area contributed by atoms with Crippen molar-refractivity contribution in [3.63, 3.8) is 0 Å². The molecular formula is C8H6BClN2. The second kappa shape index (κ2) is 2.75. The van der Waals surface area contributed by atoms with E-state index in [1.165, 1.54) is 5.46 Å². The molecule has 58 valence electrons. The van der Waals surface area contributed by atoms with E-state index in [0.29, 0.717) is 5.28 Å². The number of hydrogen-bond donors (Lipinski definition) is 0. The molecule has 0 spiro atoms. The van der Waals surface area contributed by atoms with Gasteiger partial charge in [-0.05, 0) is 17.7 Å². The summed E-state index contributed by atoms with van der Waals surface area (Å²) in [5.41, 5.74) is 2.09. The quantitative estimate of drug-likeness (QED) is 0.433. The largest absolute Gasteiger partial charge is 0.226 e. The average molecular weight is 176 g/mol. The normalized spacial score (nSPS) is 10.4. The molecule has 0 amide bonds. The number of rotatable bonds is 0. The van der Waals surface area contributed by atoms with Gasteiger partial charge in [-0.15, -0.1) is 0 Å². The van der Waals surface area contributed by atoms with E-state index in [9.17, 15) is 0 Å². The zero-order chi connectivity index (χ0) is 8.55. The van der Waals surface area contributed by atoms with E-state index in [2.05, 4.69) is 9.97 Å². The third kappa shape index (κ3) is 1.28. The Morgan fingerprint density at radius 1 is 1.33 bits per heavy atom. The minimum Gasteiger partial charge on any atom is -0.226 e. The average Bonchev–Trinajstić information content (AvgIpc) is 2.05. The van der Waals surface area contributed by atoms with Crippen LogP contribution >= 0.6 is 11.6 Å². The lowest BCUT2D eigenvalue weighted by molar-refractivity contribution is 1.22. The molecule has 2 nitrogen and oxygen atoms in total. The molecule has 0 atom stereocenters. The fourth-order valence-electron chi connectivity index (χ4n) is 1.13. The first-order chi connectivity index (χ1) is 5.75. The Morgan fingerprint density at radius 3 is 3.00 bits per heavy atom. The van der Waals surface area contributed by atoms with Crippen molar-refractivity contribution in [1.82, 2.24) is 9.97 Å². The van der Waals surface area contributed by atoms with Gasteiger partial charge in [0.25, 0.3) is 0 Å². The molecule has 1 aromatic heterocycles. The van der Waals surface area contributed by atoms with E-state index in [0.717, 1.165) is 10.9 Å². The van der Waals surface area contributed by atoms with Gasteiger partial charge in [0.15, 0.2) is 0 Å². The smallest absolute Gasteiger partial charge is 0.222 e. The molecule has 2 rings (SSSR count). The maximum atomic E-state index is 5.64. The molecule has 0 aliphatic heterocycles. The maximum absolute atomic E-state index is 5.64. The summed E-state index contributed by atoms with van der Waals surface area (Å²) in [5.74, 6) is 0. The fraction of sp³-hybridized carbons (Fsp3) is 0. The van der Waals surface area contributed by atoms with Crippen LogP contribution < -0.4 is 5.46 Å². The van der Waals surface area contributed by atoms with Crippen LogP contribution in [0.25, 0.3) is 10.9 Å². The topological polar surface area (TPSA) is 25.8 Å². The van der Waals surface area contributed by atoms with Gasteiger partial charge in [0.1, 0.15) is 7.85 Å². The van der Waals surface area contributed by atoms with Crippen molar-refractivity contribution < 1.29 is 0 Å². The van der Waals surface area contributed by atoms with E-state index in [4.69, 9.17) is 11.6 Å². The molecule has 4 heteroatoms. The van der Waals surface area contributed by atoms with Gasteiger partial charge in [-0.25, -0.2) is 9.97 Å². The summed E-state index contributed by atoms with van der Waals surface area (Å²) in [6, 6.07) is 5.98. The molecule has 1 aromatic carbocycles. The zero-order valence-corrected chi connectivity index (χ0v) is 7.34. The van der Waals surface area contributed by atoms with Crippen LogP contribution in [-0.2, 0) is 0 Å². The van der Waals surface area contributed by atoms with Crippen LogP contribution in [-0.4, -0.2) is 17.8 Å². The third-order valence-corrected chi connectivity index (χ3v) is 1.89. The van der Waals surface area contributed by atoms with Crippen molar-refractivity contribution in [2.75, 3.05) is 0 Å². The molecular weight excluding hydrogens is 170 g/mol. The Bertz CT molecular complexity index is 389. The summed E-state index contributed by atoms with van der Waals surface area (Å²) in [7, 11) is 2.04. The first-order valence-corrected chi connectivity index (χ1v) is 4.02. The predicted octanol–water partition coefficient (Wildman–Crippen LogP) is 0.542. The van der Waals surface area contributed by atoms with Crippen LogP contribution in [0.1, 0.15) is 0 Å². The molecule has 0 saturated heterocycles. The Morgan fingerprint density at radius 2 is 2.17 bits per heavy atom. The highest BCUT2D eigenvalue weighted by atomic mass is 35.5. The Balaban J connectivity index is 2.79. The monoisotopic (exact) mass is 176 g/mol. The second-order valence-corrected chi connectivity index (χ2v) is 3.04. The lowest BCUT2D eigenvalue weighted by Gasteiger charge is -1.97. The van der Waals surface area contributed by atoms with Gasteiger partial charge < -0.3 is 0 Å². The highest BCUT2D eigenvalue weighted by Gasteiger charge is 1.96. The molecule has 0 saturated carbocycles. The molecule has 0 bridgehead atoms. The lowest BCUT2D eigenvalue weighted by atomic mass is 9.95. The summed E-state index contributed by atoms with van der Waals surface area (Å²) in [6.45, 7) is 0. The SMILES string of the molecule is Bc1ccc2nc(Cl)ncc2c1. The molecule has 2 aromatic rings. The number of hydrogen-bond acceptors (Lipinski definition) is 2. The van der Waals surface area contributed by atoms with E-state index >= 15 is 0 Å². The molecule has 1 heterocycles. The van der Waals surface area contributed by atoms with Gasteiger partial charge in [-0.3, -0.25) is 0 Å². The van der Waals surface area contributed by atoms with E-state index in [1.807, 2.05) is 26.0 Å². The minimum absolute atomic E-state index is 0.298. The van der Waals surface area contributed by atoms with Crippen molar-refractivity contribution in [1.29, 1.82) is 0 Å². The highest BCUT2D eigenvalue weighted by molar-refractivity contribution is 6.33. The van der Waals surface area contributed by atoms with Gasteiger partial charge in [0.2, 0.25) is 5.28 Å². The zero-order valence-electron chi connectivity index (χ0n) is 6.58. The number of nitrogens with zero attached hydrogens (tertiary/aromatic N) is 2. The molecule has 0 unspecified atom stereocenters. The minimum atomic E-state index is 0.298. The third-order valence-electron chi connectivity index (χ3n) is 1.71. The highest BCUT2D eigenvalue weighted by Crippen LogP contribution is 2.10. The van der Waals surface area contributed by atoms with Gasteiger partial charge >= 0.3 is 0 Å². The Labute approximate surface area is 76.0 Å². The number of halogens is 1. The number of fused-ring (bicyclic) bond motifs is 1. The Kier molecular flexibility index (Phi) is 1.73. The van der Waals surface area contributed by atoms with E-state index in [-0.39, 0.29) is 0 Å². The van der Waals surface area contributed by atoms with Crippen molar-refractivity contribution in [3.8, 4) is 0 Å². The van der Waals surface area contributed by atoms with Crippen LogP contribution in [0.15, 0.2) is 24.4 Å². The fourth-order valence-corrected chi connectivity index (χ4v) is 1.27. The molecule has 12 heavy (non-hydrogen) atoms. The predicted molar refractivity (Wildman–Crippen MR) is 52.7 cm³/mol. The van der Waals surface area contributed by atoms with Crippen LogP contribution in [0, 0.1) is 0 Å². The van der Waals surface area contributed by atoms with Gasteiger partial charge in [0, 0.05) is 11.6 Å². The van der Waals surface area contributed by atoms with Crippen LogP contribution in [0.5, 0.6) is 0 Å². The first-order valence-electron chi connectivity index (χ1n) is 3.64. The molecule has 0 N–H and O–H groups in total. The van der Waals surface area contributed by atoms with E-state index in [1.54, 1.807) is 6.20 Å².